The Morgan fingerprint density at radius 2 is 1.72 bits per heavy atom. The van der Waals surface area contributed by atoms with Gasteiger partial charge in [-0.3, -0.25) is 13.8 Å². The summed E-state index contributed by atoms with van der Waals surface area (Å²) in [6.45, 7) is 1.63. The smallest absolute Gasteiger partial charge is 0.267 e. The number of hydrogen-bond acceptors (Lipinski definition) is 7. The number of hydrogen-bond donors (Lipinski definition) is 2. The molecule has 0 bridgehead atoms. The minimum atomic E-state index is -3.93. The van der Waals surface area contributed by atoms with Crippen molar-refractivity contribution < 1.29 is 31.1 Å². The van der Waals surface area contributed by atoms with E-state index in [4.69, 9.17) is 9.47 Å². The van der Waals surface area contributed by atoms with E-state index in [-0.39, 0.29) is 17.2 Å². The van der Waals surface area contributed by atoms with Gasteiger partial charge in [-0.1, -0.05) is 18.2 Å². The zero-order valence-corrected chi connectivity index (χ0v) is 21.4. The van der Waals surface area contributed by atoms with Crippen LogP contribution in [0, 0.1) is 6.92 Å². The Kier molecular flexibility index (Phi) is 6.83. The van der Waals surface area contributed by atoms with Crippen LogP contribution in [0.4, 0.5) is 17.1 Å². The highest BCUT2D eigenvalue weighted by atomic mass is 32.2. The van der Waals surface area contributed by atoms with Crippen molar-refractivity contribution in [1.29, 1.82) is 0 Å². The first-order chi connectivity index (χ1) is 17.0. The van der Waals surface area contributed by atoms with E-state index in [2.05, 4.69) is 10.0 Å². The van der Waals surface area contributed by atoms with E-state index in [0.29, 0.717) is 22.8 Å². The molecule has 4 rings (SSSR count). The van der Waals surface area contributed by atoms with Crippen LogP contribution in [0.5, 0.6) is 11.5 Å². The summed E-state index contributed by atoms with van der Waals surface area (Å²) < 4.78 is 64.9. The Balaban J connectivity index is 1.49. The first-order valence-electron chi connectivity index (χ1n) is 10.8. The Hall–Kier alpha value is -3.77. The summed E-state index contributed by atoms with van der Waals surface area (Å²) in [6.07, 6.45) is -0.0441. The monoisotopic (exact) mass is 531 g/mol. The maximum Gasteiger partial charge on any atom is 0.267 e. The molecule has 0 saturated heterocycles. The van der Waals surface area contributed by atoms with Crippen molar-refractivity contribution in [2.45, 2.75) is 17.9 Å². The first kappa shape index (κ1) is 25.3. The average molecular weight is 532 g/mol. The number of carbonyl (C=O) groups is 1. The summed E-state index contributed by atoms with van der Waals surface area (Å²) in [4.78, 5) is 12.9. The fourth-order valence-electron chi connectivity index (χ4n) is 3.70. The molecule has 3 aromatic carbocycles. The number of rotatable bonds is 7. The number of aryl methyl sites for hydroxylation is 1. The second-order valence-electron chi connectivity index (χ2n) is 8.19. The van der Waals surface area contributed by atoms with Crippen molar-refractivity contribution >= 4 is 43.0 Å². The molecule has 2 N–H and O–H groups in total. The summed E-state index contributed by atoms with van der Waals surface area (Å²) >= 11 is 0. The topological polar surface area (TPSA) is 131 Å². The molecule has 10 nitrogen and oxygen atoms in total. The maximum absolute atomic E-state index is 12.9. The first-order valence-corrected chi connectivity index (χ1v) is 14.1. The van der Waals surface area contributed by atoms with Gasteiger partial charge in [-0.15, -0.1) is 0 Å². The van der Waals surface area contributed by atoms with Gasteiger partial charge in [-0.2, -0.15) is 0 Å². The summed E-state index contributed by atoms with van der Waals surface area (Å²) in [5.74, 6) is 0.0788. The molecular formula is C24H25N3O7S2. The van der Waals surface area contributed by atoms with Crippen molar-refractivity contribution in [3.8, 4) is 11.5 Å². The molecule has 0 saturated carbocycles. The number of carbonyl (C=O) groups excluding carboxylic acids is 1. The largest absolute Gasteiger partial charge is 0.495 e. The van der Waals surface area contributed by atoms with Crippen LogP contribution in [0.3, 0.4) is 0 Å². The van der Waals surface area contributed by atoms with Crippen LogP contribution in [0.15, 0.2) is 71.6 Å². The molecule has 1 heterocycles. The lowest BCUT2D eigenvalue weighted by Gasteiger charge is -2.33. The normalized spacial score (nSPS) is 15.4. The maximum atomic E-state index is 12.9. The molecule has 0 radical (unpaired) electrons. The Bertz CT molecular complexity index is 1500. The molecule has 0 fully saturated rings. The summed E-state index contributed by atoms with van der Waals surface area (Å²) in [6, 6.07) is 17.2. The van der Waals surface area contributed by atoms with Gasteiger partial charge in [-0.05, 0) is 61.0 Å². The summed E-state index contributed by atoms with van der Waals surface area (Å²) in [5, 5.41) is 2.65. The van der Waals surface area contributed by atoms with Gasteiger partial charge in [0.05, 0.1) is 36.2 Å². The predicted molar refractivity (Wildman–Crippen MR) is 137 cm³/mol. The second-order valence-corrected chi connectivity index (χ2v) is 11.8. The molecular weight excluding hydrogens is 506 g/mol. The molecule has 1 unspecified atom stereocenters. The quantitative estimate of drug-likeness (QED) is 0.479. The zero-order chi connectivity index (χ0) is 26.1. The van der Waals surface area contributed by atoms with E-state index in [1.807, 2.05) is 6.92 Å². The van der Waals surface area contributed by atoms with Gasteiger partial charge < -0.3 is 14.8 Å². The molecule has 190 valence electrons. The molecule has 0 aromatic heterocycles. The third-order valence-corrected chi connectivity index (χ3v) is 7.99. The molecule has 36 heavy (non-hydrogen) atoms. The molecule has 0 aliphatic carbocycles. The van der Waals surface area contributed by atoms with Gasteiger partial charge in [0.2, 0.25) is 10.0 Å². The molecule has 1 aliphatic rings. The highest BCUT2D eigenvalue weighted by Crippen LogP contribution is 2.35. The highest BCUT2D eigenvalue weighted by Gasteiger charge is 2.35. The Morgan fingerprint density at radius 1 is 1.03 bits per heavy atom. The molecule has 1 atom stereocenters. The molecule has 1 aliphatic heterocycles. The number of fused-ring (bicyclic) bond motifs is 1. The Labute approximate surface area is 209 Å². The number of nitrogens with zero attached hydrogens (tertiary/aromatic N) is 1. The van der Waals surface area contributed by atoms with E-state index in [1.165, 1.54) is 31.4 Å². The second kappa shape index (κ2) is 9.70. The molecule has 1 amide bonds. The number of ether oxygens (including phenoxy) is 2. The van der Waals surface area contributed by atoms with Crippen molar-refractivity contribution in [2.75, 3.05) is 34.3 Å². The van der Waals surface area contributed by atoms with E-state index in [0.717, 1.165) is 16.1 Å². The van der Waals surface area contributed by atoms with Crippen molar-refractivity contribution in [3.05, 3.63) is 72.3 Å². The van der Waals surface area contributed by atoms with Crippen molar-refractivity contribution in [1.82, 2.24) is 0 Å². The van der Waals surface area contributed by atoms with E-state index < -0.39 is 32.1 Å². The summed E-state index contributed by atoms with van der Waals surface area (Å²) in [7, 11) is -6.12. The lowest BCUT2D eigenvalue weighted by molar-refractivity contribution is -0.122. The third-order valence-electron chi connectivity index (χ3n) is 5.46. The van der Waals surface area contributed by atoms with Crippen molar-refractivity contribution in [2.24, 2.45) is 0 Å². The van der Waals surface area contributed by atoms with Gasteiger partial charge in [0.15, 0.2) is 6.10 Å². The summed E-state index contributed by atoms with van der Waals surface area (Å²) in [5.41, 5.74) is 1.84. The fraction of sp³-hybridized carbons (Fsp3) is 0.208. The van der Waals surface area contributed by atoms with Crippen LogP contribution in [-0.2, 0) is 24.8 Å². The number of nitrogens with one attached hydrogen (secondary N) is 2. The van der Waals surface area contributed by atoms with Crippen LogP contribution >= 0.6 is 0 Å². The fourth-order valence-corrected chi connectivity index (χ4v) is 5.67. The van der Waals surface area contributed by atoms with E-state index in [1.54, 1.807) is 42.5 Å². The van der Waals surface area contributed by atoms with Crippen molar-refractivity contribution in [3.63, 3.8) is 0 Å². The van der Waals surface area contributed by atoms with Crippen LogP contribution in [0.1, 0.15) is 5.56 Å². The lowest BCUT2D eigenvalue weighted by Crippen LogP contribution is -2.48. The number of benzene rings is 3. The lowest BCUT2D eigenvalue weighted by atomic mass is 10.2. The minimum Gasteiger partial charge on any atom is -0.495 e. The number of anilines is 3. The molecule has 0 spiro atoms. The highest BCUT2D eigenvalue weighted by molar-refractivity contribution is 7.92. The number of amides is 1. The van der Waals surface area contributed by atoms with Crippen LogP contribution in [0.2, 0.25) is 0 Å². The van der Waals surface area contributed by atoms with Crippen LogP contribution in [0.25, 0.3) is 0 Å². The van der Waals surface area contributed by atoms with E-state index in [9.17, 15) is 21.6 Å². The van der Waals surface area contributed by atoms with Crippen LogP contribution < -0.4 is 23.8 Å². The predicted octanol–water partition coefficient (Wildman–Crippen LogP) is 2.97. The number of sulfonamides is 2. The minimum absolute atomic E-state index is 0.0184. The molecule has 12 heteroatoms. The SMILES string of the molecule is COc1ccc(C)cc1NS(=O)(=O)c1ccc(NC(=O)C2CN(S(C)(=O)=O)c3ccccc3O2)cc1. The van der Waals surface area contributed by atoms with Crippen LogP contribution in [-0.4, -0.2) is 48.8 Å². The number of para-hydroxylation sites is 2. The zero-order valence-electron chi connectivity index (χ0n) is 19.8. The Morgan fingerprint density at radius 3 is 2.39 bits per heavy atom. The third kappa shape index (κ3) is 5.39. The average Bonchev–Trinajstić information content (AvgIpc) is 2.83. The van der Waals surface area contributed by atoms with Gasteiger partial charge in [0.1, 0.15) is 11.5 Å². The van der Waals surface area contributed by atoms with Gasteiger partial charge >= 0.3 is 0 Å². The van der Waals surface area contributed by atoms with Gasteiger partial charge in [0, 0.05) is 5.69 Å². The van der Waals surface area contributed by atoms with Gasteiger partial charge in [0.25, 0.3) is 15.9 Å². The van der Waals surface area contributed by atoms with E-state index >= 15 is 0 Å². The molecule has 3 aromatic rings. The van der Waals surface area contributed by atoms with Gasteiger partial charge in [-0.25, -0.2) is 16.8 Å². The standard InChI is InChI=1S/C24H25N3O7S2/c1-16-8-13-21(33-2)19(14-16)26-36(31,32)18-11-9-17(10-12-18)25-24(28)23-15-27(35(3,29)30)20-6-4-5-7-22(20)34-23/h4-14,23,26H,15H2,1-3H3,(H,25,28). The number of methoxy groups -OCH3 is 1.